The fourth-order valence-electron chi connectivity index (χ4n) is 4.32. The molecule has 2 aromatic carbocycles. The third-order valence-corrected chi connectivity index (χ3v) is 6.08. The molecule has 2 aromatic heterocycles. The Morgan fingerprint density at radius 1 is 1.00 bits per heavy atom. The van der Waals surface area contributed by atoms with Crippen molar-refractivity contribution in [1.82, 2.24) is 19.7 Å². The molecule has 0 atom stereocenters. The number of carboxylic acid groups (broad SMARTS) is 1. The fraction of sp³-hybridized carbons (Fsp3) is 0.240. The zero-order valence-electron chi connectivity index (χ0n) is 18.4. The summed E-state index contributed by atoms with van der Waals surface area (Å²) in [6, 6.07) is 18.1. The Balaban J connectivity index is 1.55. The van der Waals surface area contributed by atoms with Crippen LogP contribution in [0.2, 0.25) is 0 Å². The van der Waals surface area contributed by atoms with Crippen molar-refractivity contribution in [2.45, 2.75) is 6.54 Å². The van der Waals surface area contributed by atoms with Crippen LogP contribution in [0.3, 0.4) is 0 Å². The molecule has 0 spiro atoms. The van der Waals surface area contributed by atoms with Crippen LogP contribution in [-0.2, 0) is 6.54 Å². The van der Waals surface area contributed by atoms with Gasteiger partial charge in [0.1, 0.15) is 5.75 Å². The average molecular weight is 444 g/mol. The number of rotatable bonds is 5. The Labute approximate surface area is 191 Å². The number of benzene rings is 2. The lowest BCUT2D eigenvalue weighted by molar-refractivity contribution is 0.142. The van der Waals surface area contributed by atoms with Gasteiger partial charge in [0.15, 0.2) is 5.65 Å². The molecule has 0 aliphatic carbocycles. The van der Waals surface area contributed by atoms with E-state index in [1.165, 1.54) is 4.90 Å². The summed E-state index contributed by atoms with van der Waals surface area (Å²) in [5.74, 6) is 0.817. The maximum atomic E-state index is 11.4. The van der Waals surface area contributed by atoms with Crippen LogP contribution in [0.4, 0.5) is 10.5 Å². The van der Waals surface area contributed by atoms with Crippen molar-refractivity contribution in [3.63, 3.8) is 0 Å². The lowest BCUT2D eigenvalue weighted by atomic mass is 10.0. The fourth-order valence-corrected chi connectivity index (χ4v) is 4.32. The van der Waals surface area contributed by atoms with E-state index in [2.05, 4.69) is 22.1 Å². The maximum absolute atomic E-state index is 11.4. The molecule has 1 aliphatic heterocycles. The van der Waals surface area contributed by atoms with E-state index in [1.807, 2.05) is 59.5 Å². The molecule has 168 valence electrons. The Bertz CT molecular complexity index is 1260. The van der Waals surface area contributed by atoms with E-state index in [0.717, 1.165) is 39.2 Å². The van der Waals surface area contributed by atoms with Crippen molar-refractivity contribution in [2.75, 3.05) is 38.2 Å². The van der Waals surface area contributed by atoms with Gasteiger partial charge in [-0.05, 0) is 23.3 Å². The molecule has 33 heavy (non-hydrogen) atoms. The number of anilines is 1. The first-order chi connectivity index (χ1) is 16.1. The van der Waals surface area contributed by atoms with Gasteiger partial charge >= 0.3 is 6.09 Å². The van der Waals surface area contributed by atoms with Crippen LogP contribution in [0.1, 0.15) is 5.56 Å². The smallest absolute Gasteiger partial charge is 0.407 e. The van der Waals surface area contributed by atoms with E-state index >= 15 is 0 Å². The summed E-state index contributed by atoms with van der Waals surface area (Å²) in [6.07, 6.45) is 2.91. The zero-order valence-corrected chi connectivity index (χ0v) is 18.4. The third kappa shape index (κ3) is 4.07. The van der Waals surface area contributed by atoms with Crippen molar-refractivity contribution in [1.29, 1.82) is 0 Å². The van der Waals surface area contributed by atoms with Gasteiger partial charge < -0.3 is 19.6 Å². The number of amides is 1. The lowest BCUT2D eigenvalue weighted by Gasteiger charge is -2.36. The normalized spacial score (nSPS) is 14.0. The molecule has 0 saturated carbocycles. The second-order valence-corrected chi connectivity index (χ2v) is 8.03. The van der Waals surface area contributed by atoms with Gasteiger partial charge in [-0.1, -0.05) is 42.5 Å². The highest BCUT2D eigenvalue weighted by atomic mass is 16.5. The highest BCUT2D eigenvalue weighted by Gasteiger charge is 2.25. The first-order valence-corrected chi connectivity index (χ1v) is 10.9. The summed E-state index contributed by atoms with van der Waals surface area (Å²) in [5.41, 5.74) is 5.06. The number of hydrogen-bond donors (Lipinski definition) is 1. The van der Waals surface area contributed by atoms with Gasteiger partial charge in [0.2, 0.25) is 0 Å². The van der Waals surface area contributed by atoms with Crippen LogP contribution < -0.4 is 9.64 Å². The van der Waals surface area contributed by atoms with Crippen LogP contribution >= 0.6 is 0 Å². The predicted molar refractivity (Wildman–Crippen MR) is 127 cm³/mol. The molecule has 3 heterocycles. The monoisotopic (exact) mass is 443 g/mol. The van der Waals surface area contributed by atoms with Crippen LogP contribution in [0.25, 0.3) is 22.2 Å². The molecule has 0 unspecified atom stereocenters. The van der Waals surface area contributed by atoms with Crippen molar-refractivity contribution >= 4 is 22.8 Å². The minimum Gasteiger partial charge on any atom is -0.497 e. The van der Waals surface area contributed by atoms with Crippen molar-refractivity contribution in [3.05, 3.63) is 72.6 Å². The van der Waals surface area contributed by atoms with Crippen molar-refractivity contribution in [3.8, 4) is 16.9 Å². The highest BCUT2D eigenvalue weighted by molar-refractivity contribution is 5.98. The number of nitrogens with zero attached hydrogens (tertiary/aromatic N) is 5. The standard InChI is InChI=1S/C25H25N5O3/c1-33-20-9-7-18(8-10-20)17-30-24-22(16-27-30)23(28-11-13-29(14-12-28)25(31)32)21(15-26-24)19-5-3-2-4-6-19/h2-10,15-16H,11-14,17H2,1H3,(H,31,32). The largest absolute Gasteiger partial charge is 0.497 e. The summed E-state index contributed by atoms with van der Waals surface area (Å²) < 4.78 is 7.16. The number of ether oxygens (including phenoxy) is 1. The Kier molecular flexibility index (Phi) is 5.56. The molecule has 8 heteroatoms. The SMILES string of the molecule is COc1ccc(Cn2ncc3c(N4CCN(C(=O)O)CC4)c(-c4ccccc4)cnc32)cc1. The van der Waals surface area contributed by atoms with Crippen LogP contribution in [0.5, 0.6) is 5.75 Å². The topological polar surface area (TPSA) is 83.7 Å². The molecule has 8 nitrogen and oxygen atoms in total. The van der Waals surface area contributed by atoms with Gasteiger partial charge in [0, 0.05) is 37.9 Å². The molecule has 4 aromatic rings. The summed E-state index contributed by atoms with van der Waals surface area (Å²) in [7, 11) is 1.65. The molecule has 1 fully saturated rings. The van der Waals surface area contributed by atoms with Gasteiger partial charge in [-0.3, -0.25) is 0 Å². The first kappa shape index (κ1) is 20.8. The summed E-state index contributed by atoms with van der Waals surface area (Å²) in [5, 5.41) is 15.0. The number of methoxy groups -OCH3 is 1. The minimum atomic E-state index is -0.870. The van der Waals surface area contributed by atoms with Gasteiger partial charge in [0.05, 0.1) is 30.9 Å². The van der Waals surface area contributed by atoms with Crippen LogP contribution in [0, 0.1) is 0 Å². The number of aromatic nitrogens is 3. The van der Waals surface area contributed by atoms with E-state index in [9.17, 15) is 9.90 Å². The molecule has 0 bridgehead atoms. The van der Waals surface area contributed by atoms with E-state index < -0.39 is 6.09 Å². The molecule has 0 radical (unpaired) electrons. The summed E-state index contributed by atoms with van der Waals surface area (Å²) >= 11 is 0. The van der Waals surface area contributed by atoms with Gasteiger partial charge in [-0.25, -0.2) is 14.5 Å². The van der Waals surface area contributed by atoms with Crippen molar-refractivity contribution < 1.29 is 14.6 Å². The number of pyridine rings is 1. The minimum absolute atomic E-state index is 0.466. The Hall–Kier alpha value is -4.07. The Morgan fingerprint density at radius 2 is 1.73 bits per heavy atom. The summed E-state index contributed by atoms with van der Waals surface area (Å²) in [4.78, 5) is 19.9. The van der Waals surface area contributed by atoms with Gasteiger partial charge in [-0.2, -0.15) is 5.10 Å². The van der Waals surface area contributed by atoms with E-state index in [4.69, 9.17) is 9.72 Å². The first-order valence-electron chi connectivity index (χ1n) is 10.9. The predicted octanol–water partition coefficient (Wildman–Crippen LogP) is 3.96. The van der Waals surface area contributed by atoms with E-state index in [-0.39, 0.29) is 0 Å². The molecule has 1 amide bonds. The summed E-state index contributed by atoms with van der Waals surface area (Å²) in [6.45, 7) is 2.77. The molecule has 1 saturated heterocycles. The third-order valence-electron chi connectivity index (χ3n) is 6.08. The molecular weight excluding hydrogens is 418 g/mol. The van der Waals surface area contributed by atoms with Crippen LogP contribution in [-0.4, -0.2) is 64.2 Å². The average Bonchev–Trinajstić information content (AvgIpc) is 3.27. The highest BCUT2D eigenvalue weighted by Crippen LogP contribution is 2.37. The Morgan fingerprint density at radius 3 is 2.39 bits per heavy atom. The van der Waals surface area contributed by atoms with Crippen molar-refractivity contribution in [2.24, 2.45) is 0 Å². The van der Waals surface area contributed by atoms with E-state index in [0.29, 0.717) is 32.7 Å². The van der Waals surface area contributed by atoms with Gasteiger partial charge in [-0.15, -0.1) is 0 Å². The zero-order chi connectivity index (χ0) is 22.8. The second kappa shape index (κ2) is 8.82. The second-order valence-electron chi connectivity index (χ2n) is 8.03. The number of fused-ring (bicyclic) bond motifs is 1. The lowest BCUT2D eigenvalue weighted by Crippen LogP contribution is -2.48. The van der Waals surface area contributed by atoms with E-state index in [1.54, 1.807) is 7.11 Å². The molecule has 5 rings (SSSR count). The number of hydrogen-bond acceptors (Lipinski definition) is 5. The molecular formula is C25H25N5O3. The van der Waals surface area contributed by atoms with Gasteiger partial charge in [0.25, 0.3) is 0 Å². The quantitative estimate of drug-likeness (QED) is 0.503. The number of carbonyl (C=O) groups is 1. The van der Waals surface area contributed by atoms with Crippen LogP contribution in [0.15, 0.2) is 67.0 Å². The molecule has 1 aliphatic rings. The molecule has 1 N–H and O–H groups in total. The number of piperazine rings is 1. The maximum Gasteiger partial charge on any atom is 0.407 e.